The van der Waals surface area contributed by atoms with Crippen LogP contribution in [-0.2, 0) is 4.79 Å². The molecular formula is C20H23NO2. The molecule has 0 radical (unpaired) electrons. The smallest absolute Gasteiger partial charge is 0.330 e. The molecule has 0 spiro atoms. The molecule has 0 amide bonds. The highest BCUT2D eigenvalue weighted by atomic mass is 16.4. The second-order valence-electron chi connectivity index (χ2n) is 3.99. The van der Waals surface area contributed by atoms with Crippen molar-refractivity contribution in [2.24, 2.45) is 0 Å². The van der Waals surface area contributed by atoms with Crippen LogP contribution < -0.4 is 0 Å². The van der Waals surface area contributed by atoms with E-state index in [1.54, 1.807) is 19.1 Å². The van der Waals surface area contributed by atoms with Gasteiger partial charge in [0.15, 0.2) is 0 Å². The maximum Gasteiger partial charge on any atom is 0.330 e. The van der Waals surface area contributed by atoms with Gasteiger partial charge in [-0.2, -0.15) is 5.26 Å². The third-order valence-corrected chi connectivity index (χ3v) is 2.27. The number of hydrogen-bond donors (Lipinski definition) is 1. The molecule has 1 N–H and O–H groups in total. The summed E-state index contributed by atoms with van der Waals surface area (Å²) in [4.78, 5) is 9.83. The molecule has 0 aliphatic heterocycles. The van der Waals surface area contributed by atoms with Crippen molar-refractivity contribution < 1.29 is 9.90 Å². The van der Waals surface area contributed by atoms with E-state index in [1.807, 2.05) is 36.4 Å². The fourth-order valence-corrected chi connectivity index (χ4v) is 1.02. The first kappa shape index (κ1) is 22.2. The first-order valence-corrected chi connectivity index (χ1v) is 6.95. The Kier molecular flexibility index (Phi) is 16.3. The SMILES string of the molecule is C=C(CC)C(=O)O.C=CC#N.C=CC=CC=Cc1ccccc1. The fraction of sp³-hybridized carbons (Fsp3) is 0.100. The summed E-state index contributed by atoms with van der Waals surface area (Å²) in [6.45, 7) is 11.7. The third-order valence-electron chi connectivity index (χ3n) is 2.27. The van der Waals surface area contributed by atoms with Gasteiger partial charge in [-0.15, -0.1) is 0 Å². The van der Waals surface area contributed by atoms with Gasteiger partial charge in [0.2, 0.25) is 0 Å². The minimum absolute atomic E-state index is 0.264. The third kappa shape index (κ3) is 16.8. The zero-order chi connectivity index (χ0) is 17.9. The number of hydrogen-bond acceptors (Lipinski definition) is 2. The lowest BCUT2D eigenvalue weighted by molar-refractivity contribution is -0.132. The van der Waals surface area contributed by atoms with Crippen LogP contribution >= 0.6 is 0 Å². The summed E-state index contributed by atoms with van der Waals surface area (Å²) in [5.74, 6) is -0.900. The van der Waals surface area contributed by atoms with E-state index >= 15 is 0 Å². The molecule has 0 saturated carbocycles. The Balaban J connectivity index is 0. The number of carboxylic acid groups (broad SMARTS) is 1. The van der Waals surface area contributed by atoms with E-state index in [0.717, 1.165) is 0 Å². The van der Waals surface area contributed by atoms with E-state index in [9.17, 15) is 4.79 Å². The molecule has 1 aromatic carbocycles. The molecule has 0 aliphatic rings. The minimum Gasteiger partial charge on any atom is -0.478 e. The summed E-state index contributed by atoms with van der Waals surface area (Å²) in [7, 11) is 0. The van der Waals surface area contributed by atoms with Gasteiger partial charge in [0.05, 0.1) is 6.07 Å². The second-order valence-corrected chi connectivity index (χ2v) is 3.99. The van der Waals surface area contributed by atoms with Crippen molar-refractivity contribution in [2.45, 2.75) is 13.3 Å². The lowest BCUT2D eigenvalue weighted by Crippen LogP contribution is -1.95. The first-order valence-electron chi connectivity index (χ1n) is 6.95. The lowest BCUT2D eigenvalue weighted by atomic mass is 10.2. The number of allylic oxidation sites excluding steroid dienone is 5. The number of rotatable bonds is 5. The zero-order valence-corrected chi connectivity index (χ0v) is 13.5. The number of carbonyl (C=O) groups is 1. The number of carboxylic acids is 1. The molecule has 0 fully saturated rings. The van der Waals surface area contributed by atoms with Crippen molar-refractivity contribution in [2.75, 3.05) is 0 Å². The zero-order valence-electron chi connectivity index (χ0n) is 13.5. The average molecular weight is 309 g/mol. The summed E-state index contributed by atoms with van der Waals surface area (Å²) in [6, 6.07) is 11.9. The standard InChI is InChI=1S/C12H12.C5H8O2.C3H3N/c1-2-3-4-6-9-12-10-7-5-8-11-12;1-3-4(2)5(6)7;1-2-3-4/h2-11H,1H2;2-3H2,1H3,(H,6,7);2H,1H2. The van der Waals surface area contributed by atoms with E-state index in [0.29, 0.717) is 6.42 Å². The summed E-state index contributed by atoms with van der Waals surface area (Å²) < 4.78 is 0. The molecule has 0 heterocycles. The van der Waals surface area contributed by atoms with Gasteiger partial charge in [-0.1, -0.05) is 87.4 Å². The van der Waals surface area contributed by atoms with Crippen LogP contribution in [0.25, 0.3) is 6.08 Å². The van der Waals surface area contributed by atoms with E-state index in [4.69, 9.17) is 10.4 Å². The monoisotopic (exact) mass is 309 g/mol. The largest absolute Gasteiger partial charge is 0.478 e. The number of nitriles is 1. The molecule has 0 atom stereocenters. The van der Waals surface area contributed by atoms with E-state index < -0.39 is 5.97 Å². The van der Waals surface area contributed by atoms with Crippen LogP contribution in [0, 0.1) is 11.3 Å². The van der Waals surface area contributed by atoms with Crippen LogP contribution in [0.2, 0.25) is 0 Å². The van der Waals surface area contributed by atoms with Gasteiger partial charge in [0.25, 0.3) is 0 Å². The lowest BCUT2D eigenvalue weighted by Gasteiger charge is -1.87. The van der Waals surface area contributed by atoms with E-state index in [-0.39, 0.29) is 5.57 Å². The highest BCUT2D eigenvalue weighted by Crippen LogP contribution is 2.00. The molecule has 0 bridgehead atoms. The average Bonchev–Trinajstić information content (AvgIpc) is 2.59. The molecular weight excluding hydrogens is 286 g/mol. The van der Waals surface area contributed by atoms with Gasteiger partial charge < -0.3 is 5.11 Å². The van der Waals surface area contributed by atoms with Crippen molar-refractivity contribution in [3.63, 3.8) is 0 Å². The van der Waals surface area contributed by atoms with Gasteiger partial charge >= 0.3 is 5.97 Å². The molecule has 0 aliphatic carbocycles. The van der Waals surface area contributed by atoms with Crippen molar-refractivity contribution >= 4 is 12.0 Å². The highest BCUT2D eigenvalue weighted by molar-refractivity contribution is 5.85. The Hall–Kier alpha value is -3.12. The molecule has 0 aromatic heterocycles. The van der Waals surface area contributed by atoms with Crippen LogP contribution in [-0.4, -0.2) is 11.1 Å². The molecule has 0 saturated heterocycles. The van der Waals surface area contributed by atoms with Crippen LogP contribution in [0.5, 0.6) is 0 Å². The Morgan fingerprint density at radius 3 is 2.13 bits per heavy atom. The summed E-state index contributed by atoms with van der Waals surface area (Å²) in [5, 5.41) is 15.6. The van der Waals surface area contributed by atoms with Gasteiger partial charge in [-0.3, -0.25) is 0 Å². The molecule has 1 aromatic rings. The summed E-state index contributed by atoms with van der Waals surface area (Å²) >= 11 is 0. The molecule has 1 rings (SSSR count). The molecule has 3 nitrogen and oxygen atoms in total. The van der Waals surface area contributed by atoms with Gasteiger partial charge in [0.1, 0.15) is 0 Å². The number of nitrogens with zero attached hydrogens (tertiary/aromatic N) is 1. The van der Waals surface area contributed by atoms with Gasteiger partial charge in [-0.25, -0.2) is 4.79 Å². The van der Waals surface area contributed by atoms with Crippen LogP contribution in [0.1, 0.15) is 18.9 Å². The molecule has 3 heteroatoms. The fourth-order valence-electron chi connectivity index (χ4n) is 1.02. The second kappa shape index (κ2) is 16.9. The summed E-state index contributed by atoms with van der Waals surface area (Å²) in [5.41, 5.74) is 1.48. The van der Waals surface area contributed by atoms with Crippen molar-refractivity contribution in [1.82, 2.24) is 0 Å². The maximum absolute atomic E-state index is 9.83. The minimum atomic E-state index is -0.900. The van der Waals surface area contributed by atoms with Crippen molar-refractivity contribution in [1.29, 1.82) is 5.26 Å². The molecule has 0 unspecified atom stereocenters. The number of aliphatic carboxylic acids is 1. The van der Waals surface area contributed by atoms with Crippen molar-refractivity contribution in [3.8, 4) is 6.07 Å². The van der Waals surface area contributed by atoms with Crippen LogP contribution in [0.3, 0.4) is 0 Å². The summed E-state index contributed by atoms with van der Waals surface area (Å²) in [6.07, 6.45) is 11.4. The van der Waals surface area contributed by atoms with Gasteiger partial charge in [-0.05, 0) is 12.0 Å². The Labute approximate surface area is 138 Å². The predicted octanol–water partition coefficient (Wildman–Crippen LogP) is 5.18. The van der Waals surface area contributed by atoms with Crippen LogP contribution in [0.4, 0.5) is 0 Å². The highest BCUT2D eigenvalue weighted by Gasteiger charge is 1.96. The molecule has 120 valence electrons. The predicted molar refractivity (Wildman–Crippen MR) is 97.7 cm³/mol. The molecule has 23 heavy (non-hydrogen) atoms. The van der Waals surface area contributed by atoms with Gasteiger partial charge in [0, 0.05) is 11.6 Å². The maximum atomic E-state index is 9.83. The quantitative estimate of drug-likeness (QED) is 0.463. The Bertz CT molecular complexity index is 575. The van der Waals surface area contributed by atoms with Crippen LogP contribution in [0.15, 0.2) is 86.0 Å². The Morgan fingerprint density at radius 2 is 1.78 bits per heavy atom. The number of benzene rings is 1. The first-order chi connectivity index (χ1) is 11.0. The normalized spacial score (nSPS) is 8.87. The van der Waals surface area contributed by atoms with E-state index in [2.05, 4.69) is 37.9 Å². The van der Waals surface area contributed by atoms with Crippen molar-refractivity contribution in [3.05, 3.63) is 91.6 Å². The Morgan fingerprint density at radius 1 is 1.22 bits per heavy atom. The van der Waals surface area contributed by atoms with E-state index in [1.165, 1.54) is 11.6 Å². The topological polar surface area (TPSA) is 61.1 Å².